The van der Waals surface area contributed by atoms with Crippen LogP contribution in [-0.4, -0.2) is 43.8 Å². The minimum Gasteiger partial charge on any atom is -0.493 e. The van der Waals surface area contributed by atoms with Crippen LogP contribution in [0.3, 0.4) is 0 Å². The molecule has 1 spiro atoms. The highest BCUT2D eigenvalue weighted by molar-refractivity contribution is 6.00. The van der Waals surface area contributed by atoms with Gasteiger partial charge in [0.05, 0.1) is 25.2 Å². The van der Waals surface area contributed by atoms with Gasteiger partial charge in [-0.15, -0.1) is 0 Å². The fourth-order valence-electron chi connectivity index (χ4n) is 5.02. The Morgan fingerprint density at radius 2 is 1.82 bits per heavy atom. The van der Waals surface area contributed by atoms with Gasteiger partial charge in [0.25, 0.3) is 0 Å². The van der Waals surface area contributed by atoms with Crippen molar-refractivity contribution in [2.45, 2.75) is 64.4 Å². The minimum absolute atomic E-state index is 0.0320. The summed E-state index contributed by atoms with van der Waals surface area (Å²) in [6.07, 6.45) is 0.310. The molecule has 0 aliphatic carbocycles. The highest BCUT2D eigenvalue weighted by atomic mass is 19.1. The standard InChI is InChI=1S/C27H34FNO5/c1-16(2)32-21-10-9-18(15-22(21)31-5)24(30)23-26(33-17(3)4)19-7-6-8-20(28)25(19)34-27(23)11-13-29-14-12-27/h6-10,15-17,23,26,29H,11-14H2,1-5H3. The van der Waals surface area contributed by atoms with Crippen molar-refractivity contribution in [3.63, 3.8) is 0 Å². The van der Waals surface area contributed by atoms with Crippen molar-refractivity contribution in [1.82, 2.24) is 5.32 Å². The van der Waals surface area contributed by atoms with Gasteiger partial charge in [-0.25, -0.2) is 4.39 Å². The third-order valence-electron chi connectivity index (χ3n) is 6.44. The maximum atomic E-state index is 14.9. The van der Waals surface area contributed by atoms with Crippen molar-refractivity contribution in [3.8, 4) is 17.2 Å². The molecule has 4 rings (SSSR count). The van der Waals surface area contributed by atoms with Gasteiger partial charge >= 0.3 is 0 Å². The summed E-state index contributed by atoms with van der Waals surface area (Å²) in [6.45, 7) is 9.06. The van der Waals surface area contributed by atoms with Crippen LogP contribution in [0.4, 0.5) is 4.39 Å². The summed E-state index contributed by atoms with van der Waals surface area (Å²) in [6, 6.07) is 10.0. The second-order valence-corrected chi connectivity index (χ2v) is 9.55. The number of halogens is 1. The molecule has 2 unspecified atom stereocenters. The number of benzene rings is 2. The summed E-state index contributed by atoms with van der Waals surface area (Å²) in [7, 11) is 1.55. The van der Waals surface area contributed by atoms with E-state index in [2.05, 4.69) is 5.32 Å². The van der Waals surface area contributed by atoms with E-state index < -0.39 is 23.4 Å². The molecule has 0 saturated carbocycles. The van der Waals surface area contributed by atoms with Crippen LogP contribution in [0.15, 0.2) is 36.4 Å². The molecule has 2 aliphatic rings. The van der Waals surface area contributed by atoms with E-state index in [1.165, 1.54) is 6.07 Å². The molecule has 2 aliphatic heterocycles. The number of ether oxygens (including phenoxy) is 4. The number of Topliss-reactive ketones (excluding diaryl/α,β-unsaturated/α-hetero) is 1. The van der Waals surface area contributed by atoms with E-state index in [4.69, 9.17) is 18.9 Å². The molecular weight excluding hydrogens is 437 g/mol. The maximum absolute atomic E-state index is 14.9. The van der Waals surface area contributed by atoms with Crippen molar-refractivity contribution < 1.29 is 28.1 Å². The fourth-order valence-corrected chi connectivity index (χ4v) is 5.02. The molecule has 2 atom stereocenters. The van der Waals surface area contributed by atoms with Crippen LogP contribution in [0.1, 0.15) is 62.6 Å². The Balaban J connectivity index is 1.82. The number of hydrogen-bond donors (Lipinski definition) is 1. The number of carbonyl (C=O) groups excluding carboxylic acids is 1. The van der Waals surface area contributed by atoms with Gasteiger partial charge in [0.1, 0.15) is 11.7 Å². The Labute approximate surface area is 200 Å². The predicted molar refractivity (Wildman–Crippen MR) is 127 cm³/mol. The first-order valence-corrected chi connectivity index (χ1v) is 12.0. The number of rotatable bonds is 7. The van der Waals surface area contributed by atoms with E-state index in [9.17, 15) is 9.18 Å². The second-order valence-electron chi connectivity index (χ2n) is 9.55. The molecule has 1 saturated heterocycles. The summed E-state index contributed by atoms with van der Waals surface area (Å²) in [5.41, 5.74) is 0.178. The monoisotopic (exact) mass is 471 g/mol. The summed E-state index contributed by atoms with van der Waals surface area (Å²) < 4.78 is 39.0. The summed E-state index contributed by atoms with van der Waals surface area (Å²) in [4.78, 5) is 14.2. The second kappa shape index (κ2) is 9.92. The van der Waals surface area contributed by atoms with Crippen LogP contribution >= 0.6 is 0 Å². The molecule has 0 radical (unpaired) electrons. The summed E-state index contributed by atoms with van der Waals surface area (Å²) >= 11 is 0. The first-order valence-electron chi connectivity index (χ1n) is 12.0. The predicted octanol–water partition coefficient (Wildman–Crippen LogP) is 5.10. The van der Waals surface area contributed by atoms with Crippen LogP contribution in [-0.2, 0) is 4.74 Å². The first kappa shape index (κ1) is 24.5. The number of ketones is 1. The van der Waals surface area contributed by atoms with Gasteiger partial charge in [-0.05, 0) is 65.0 Å². The molecule has 34 heavy (non-hydrogen) atoms. The third kappa shape index (κ3) is 4.64. The van der Waals surface area contributed by atoms with Gasteiger partial charge in [0, 0.05) is 24.0 Å². The van der Waals surface area contributed by atoms with Gasteiger partial charge in [-0.3, -0.25) is 4.79 Å². The van der Waals surface area contributed by atoms with Crippen LogP contribution in [0.2, 0.25) is 0 Å². The van der Waals surface area contributed by atoms with Crippen molar-refractivity contribution in [3.05, 3.63) is 53.3 Å². The summed E-state index contributed by atoms with van der Waals surface area (Å²) in [5.74, 6) is 0.0638. The quantitative estimate of drug-likeness (QED) is 0.567. The highest BCUT2D eigenvalue weighted by Crippen LogP contribution is 2.51. The van der Waals surface area contributed by atoms with Crippen LogP contribution in [0, 0.1) is 11.7 Å². The van der Waals surface area contributed by atoms with E-state index in [-0.39, 0.29) is 23.7 Å². The molecule has 0 aromatic heterocycles. The Morgan fingerprint density at radius 3 is 2.47 bits per heavy atom. The zero-order chi connectivity index (χ0) is 24.5. The van der Waals surface area contributed by atoms with E-state index in [0.29, 0.717) is 48.6 Å². The molecule has 2 aromatic rings. The zero-order valence-electron chi connectivity index (χ0n) is 20.5. The van der Waals surface area contributed by atoms with Crippen LogP contribution in [0.25, 0.3) is 0 Å². The molecule has 1 N–H and O–H groups in total. The van der Waals surface area contributed by atoms with Gasteiger partial charge in [-0.1, -0.05) is 12.1 Å². The van der Waals surface area contributed by atoms with Crippen molar-refractivity contribution in [1.29, 1.82) is 0 Å². The highest BCUT2D eigenvalue weighted by Gasteiger charge is 2.55. The number of methoxy groups -OCH3 is 1. The molecule has 1 fully saturated rings. The molecular formula is C27H34FNO5. The van der Waals surface area contributed by atoms with Gasteiger partial charge in [0.2, 0.25) is 0 Å². The van der Waals surface area contributed by atoms with Gasteiger partial charge in [-0.2, -0.15) is 0 Å². The lowest BCUT2D eigenvalue weighted by Crippen LogP contribution is -2.58. The average molecular weight is 472 g/mol. The number of piperidine rings is 1. The largest absolute Gasteiger partial charge is 0.493 e. The van der Waals surface area contributed by atoms with Gasteiger partial charge in [0.15, 0.2) is 28.8 Å². The average Bonchev–Trinajstić information content (AvgIpc) is 2.80. The number of para-hydroxylation sites is 1. The van der Waals surface area contributed by atoms with Crippen molar-refractivity contribution in [2.75, 3.05) is 20.2 Å². The SMILES string of the molecule is COc1cc(C(=O)C2C(OC(C)C)c3cccc(F)c3OC23CCNCC3)ccc1OC(C)C. The molecule has 7 heteroatoms. The lowest BCUT2D eigenvalue weighted by molar-refractivity contribution is -0.115. The summed E-state index contributed by atoms with van der Waals surface area (Å²) in [5, 5.41) is 3.33. The molecule has 0 bridgehead atoms. The van der Waals surface area contributed by atoms with E-state index in [1.54, 1.807) is 37.4 Å². The van der Waals surface area contributed by atoms with Crippen molar-refractivity contribution >= 4 is 5.78 Å². The topological polar surface area (TPSA) is 66.0 Å². The lowest BCUT2D eigenvalue weighted by atomic mass is 9.69. The Kier molecular flexibility index (Phi) is 7.14. The zero-order valence-corrected chi connectivity index (χ0v) is 20.5. The number of fused-ring (bicyclic) bond motifs is 1. The van der Waals surface area contributed by atoms with Gasteiger partial charge < -0.3 is 24.3 Å². The first-order chi connectivity index (χ1) is 16.3. The normalized spacial score (nSPS) is 21.3. The molecule has 2 aromatic carbocycles. The Hall–Kier alpha value is -2.64. The molecule has 2 heterocycles. The Bertz CT molecular complexity index is 1030. The maximum Gasteiger partial charge on any atom is 0.173 e. The number of carbonyl (C=O) groups is 1. The fraction of sp³-hybridized carbons (Fsp3) is 0.519. The number of hydrogen-bond acceptors (Lipinski definition) is 6. The third-order valence-corrected chi connectivity index (χ3v) is 6.44. The van der Waals surface area contributed by atoms with E-state index in [0.717, 1.165) is 0 Å². The van der Waals surface area contributed by atoms with Crippen LogP contribution < -0.4 is 19.5 Å². The lowest BCUT2D eigenvalue weighted by Gasteiger charge is -2.50. The van der Waals surface area contributed by atoms with Crippen molar-refractivity contribution in [2.24, 2.45) is 5.92 Å². The Morgan fingerprint density at radius 1 is 1.09 bits per heavy atom. The minimum atomic E-state index is -0.878. The number of nitrogens with one attached hydrogen (secondary N) is 1. The van der Waals surface area contributed by atoms with Crippen LogP contribution in [0.5, 0.6) is 17.2 Å². The molecule has 184 valence electrons. The smallest absolute Gasteiger partial charge is 0.173 e. The van der Waals surface area contributed by atoms with E-state index >= 15 is 0 Å². The molecule has 6 nitrogen and oxygen atoms in total. The molecule has 0 amide bonds. The van der Waals surface area contributed by atoms with E-state index in [1.807, 2.05) is 27.7 Å².